The standard InChI is InChI=1S/C12H24N2.C12H25N.C11H22N2/c1-9(2)12(6)14-8-11(5)7-13-10(3)4;1-5-6-7-8-9-10-13-12(4)11(2)3;1-9(2)10(3)13-8-11-5-4-6-12-7-11/h9,11,13-14H,3,6-8H2,1-2,4-5H3;11,13H,4-10H2,1-3H3;9,11-13H,3-8H2,1-2H3. The summed E-state index contributed by atoms with van der Waals surface area (Å²) in [5, 5.41) is 16.8. The van der Waals surface area contributed by atoms with E-state index in [1.807, 2.05) is 6.92 Å². The van der Waals surface area contributed by atoms with Gasteiger partial charge in [-0.05, 0) is 68.9 Å². The largest absolute Gasteiger partial charge is 0.389 e. The fourth-order valence-electron chi connectivity index (χ4n) is 3.69. The molecule has 0 aromatic rings. The fraction of sp³-hybridized carbons (Fsp3) is 0.771. The van der Waals surface area contributed by atoms with E-state index in [2.05, 4.69) is 108 Å². The quantitative estimate of drug-likeness (QED) is 0.104. The van der Waals surface area contributed by atoms with Crippen molar-refractivity contribution in [1.82, 2.24) is 26.6 Å². The first-order valence-electron chi connectivity index (χ1n) is 16.2. The average Bonchev–Trinajstić information content (AvgIpc) is 2.91. The van der Waals surface area contributed by atoms with Crippen LogP contribution in [-0.2, 0) is 0 Å². The highest BCUT2D eigenvalue weighted by molar-refractivity contribution is 4.96. The van der Waals surface area contributed by atoms with Crippen LogP contribution in [0.4, 0.5) is 0 Å². The van der Waals surface area contributed by atoms with Crippen LogP contribution in [-0.4, -0.2) is 39.3 Å². The van der Waals surface area contributed by atoms with E-state index in [9.17, 15) is 0 Å². The molecule has 0 spiro atoms. The summed E-state index contributed by atoms with van der Waals surface area (Å²) in [6, 6.07) is 0. The van der Waals surface area contributed by atoms with Gasteiger partial charge in [-0.2, -0.15) is 0 Å². The molecule has 5 N–H and O–H groups in total. The van der Waals surface area contributed by atoms with Crippen molar-refractivity contribution in [3.05, 3.63) is 49.1 Å². The van der Waals surface area contributed by atoms with Gasteiger partial charge in [0.25, 0.3) is 0 Å². The van der Waals surface area contributed by atoms with Crippen molar-refractivity contribution in [2.75, 3.05) is 39.3 Å². The lowest BCUT2D eigenvalue weighted by Crippen LogP contribution is -2.36. The third-order valence-electron chi connectivity index (χ3n) is 7.17. The van der Waals surface area contributed by atoms with Crippen molar-refractivity contribution >= 4 is 0 Å². The van der Waals surface area contributed by atoms with Crippen LogP contribution in [0.3, 0.4) is 0 Å². The van der Waals surface area contributed by atoms with Gasteiger partial charge in [0.1, 0.15) is 0 Å². The van der Waals surface area contributed by atoms with Gasteiger partial charge < -0.3 is 26.6 Å². The van der Waals surface area contributed by atoms with E-state index in [1.165, 1.54) is 69.4 Å². The Kier molecular flexibility index (Phi) is 26.2. The Labute approximate surface area is 251 Å². The van der Waals surface area contributed by atoms with Gasteiger partial charge in [0.2, 0.25) is 0 Å². The molecule has 236 valence electrons. The van der Waals surface area contributed by atoms with Crippen molar-refractivity contribution in [3.63, 3.8) is 0 Å². The van der Waals surface area contributed by atoms with Crippen LogP contribution in [0.15, 0.2) is 49.1 Å². The molecule has 1 rings (SSSR count). The Bertz CT molecular complexity index is 659. The number of allylic oxidation sites excluding steroid dienone is 4. The molecule has 0 bridgehead atoms. The molecule has 1 fully saturated rings. The van der Waals surface area contributed by atoms with Gasteiger partial charge in [-0.15, -0.1) is 0 Å². The predicted octanol–water partition coefficient (Wildman–Crippen LogP) is 7.97. The molecule has 0 aliphatic carbocycles. The molecule has 0 saturated carbocycles. The summed E-state index contributed by atoms with van der Waals surface area (Å²) < 4.78 is 0. The summed E-state index contributed by atoms with van der Waals surface area (Å²) in [5.41, 5.74) is 4.49. The molecule has 2 unspecified atom stereocenters. The van der Waals surface area contributed by atoms with E-state index in [-0.39, 0.29) is 0 Å². The minimum absolute atomic E-state index is 0.510. The third kappa shape index (κ3) is 26.3. The number of rotatable bonds is 19. The number of unbranched alkanes of at least 4 members (excludes halogenated alkanes) is 4. The van der Waals surface area contributed by atoms with E-state index in [1.54, 1.807) is 0 Å². The average molecular weight is 562 g/mol. The Balaban J connectivity index is 0. The van der Waals surface area contributed by atoms with E-state index in [0.29, 0.717) is 23.7 Å². The van der Waals surface area contributed by atoms with Gasteiger partial charge in [0.15, 0.2) is 0 Å². The van der Waals surface area contributed by atoms with Gasteiger partial charge in [-0.25, -0.2) is 0 Å². The Morgan fingerprint density at radius 1 is 0.725 bits per heavy atom. The lowest BCUT2D eigenvalue weighted by molar-refractivity contribution is 0.366. The molecule has 40 heavy (non-hydrogen) atoms. The van der Waals surface area contributed by atoms with Crippen LogP contribution >= 0.6 is 0 Å². The maximum atomic E-state index is 4.01. The van der Waals surface area contributed by atoms with Crippen LogP contribution < -0.4 is 26.6 Å². The van der Waals surface area contributed by atoms with Crippen molar-refractivity contribution in [1.29, 1.82) is 0 Å². The first-order chi connectivity index (χ1) is 18.8. The SMILES string of the molecule is C=C(C)NCC(C)CNC(=C)C(C)C.C=C(NCC1CCCNC1)C(C)C.C=C(NCCCCCCC)C(C)C. The van der Waals surface area contributed by atoms with E-state index >= 15 is 0 Å². The maximum Gasteiger partial charge on any atom is 0.0186 e. The second-order valence-electron chi connectivity index (χ2n) is 12.6. The molecule has 1 aliphatic rings. The summed E-state index contributed by atoms with van der Waals surface area (Å²) in [5.74, 6) is 3.01. The van der Waals surface area contributed by atoms with Gasteiger partial charge >= 0.3 is 0 Å². The molecular weight excluding hydrogens is 490 g/mol. The first-order valence-corrected chi connectivity index (χ1v) is 16.2. The number of hydrogen-bond donors (Lipinski definition) is 5. The second kappa shape index (κ2) is 26.0. The highest BCUT2D eigenvalue weighted by atomic mass is 14.9. The highest BCUT2D eigenvalue weighted by Crippen LogP contribution is 2.10. The van der Waals surface area contributed by atoms with Gasteiger partial charge in [-0.3, -0.25) is 0 Å². The molecule has 5 heteroatoms. The number of piperidine rings is 1. The van der Waals surface area contributed by atoms with Crippen molar-refractivity contribution in [2.45, 2.75) is 107 Å². The van der Waals surface area contributed by atoms with Crippen molar-refractivity contribution in [3.8, 4) is 0 Å². The second-order valence-corrected chi connectivity index (χ2v) is 12.6. The fourth-order valence-corrected chi connectivity index (χ4v) is 3.69. The monoisotopic (exact) mass is 562 g/mol. The van der Waals surface area contributed by atoms with Crippen molar-refractivity contribution in [2.24, 2.45) is 29.6 Å². The van der Waals surface area contributed by atoms with Gasteiger partial charge in [0.05, 0.1) is 0 Å². The molecule has 5 nitrogen and oxygen atoms in total. The Morgan fingerprint density at radius 2 is 1.25 bits per heavy atom. The first kappa shape index (κ1) is 40.3. The summed E-state index contributed by atoms with van der Waals surface area (Å²) in [6.07, 6.45) is 9.40. The summed E-state index contributed by atoms with van der Waals surface area (Å²) in [4.78, 5) is 0. The Hall–Kier alpha value is -1.88. The molecule has 0 aromatic heterocycles. The Morgan fingerprint density at radius 3 is 1.75 bits per heavy atom. The lowest BCUT2D eigenvalue weighted by Gasteiger charge is -2.24. The molecule has 0 aromatic carbocycles. The zero-order valence-corrected chi connectivity index (χ0v) is 28.4. The summed E-state index contributed by atoms with van der Waals surface area (Å²) in [6.45, 7) is 41.7. The highest BCUT2D eigenvalue weighted by Gasteiger charge is 2.12. The molecule has 0 radical (unpaired) electrons. The molecule has 1 heterocycles. The molecular formula is C35H71N5. The topological polar surface area (TPSA) is 60.1 Å². The minimum atomic E-state index is 0.510. The summed E-state index contributed by atoms with van der Waals surface area (Å²) >= 11 is 0. The van der Waals surface area contributed by atoms with Crippen LogP contribution in [0.2, 0.25) is 0 Å². The van der Waals surface area contributed by atoms with E-state index in [0.717, 1.165) is 43.5 Å². The maximum absolute atomic E-state index is 4.01. The third-order valence-corrected chi connectivity index (χ3v) is 7.17. The van der Waals surface area contributed by atoms with Gasteiger partial charge in [-0.1, -0.05) is 107 Å². The molecule has 1 saturated heterocycles. The zero-order valence-electron chi connectivity index (χ0n) is 28.4. The van der Waals surface area contributed by atoms with Crippen LogP contribution in [0.25, 0.3) is 0 Å². The van der Waals surface area contributed by atoms with Crippen LogP contribution in [0, 0.1) is 29.6 Å². The zero-order chi connectivity index (χ0) is 30.9. The molecule has 1 aliphatic heterocycles. The number of nitrogens with one attached hydrogen (secondary N) is 5. The smallest absolute Gasteiger partial charge is 0.0186 e. The van der Waals surface area contributed by atoms with Crippen LogP contribution in [0.5, 0.6) is 0 Å². The minimum Gasteiger partial charge on any atom is -0.389 e. The van der Waals surface area contributed by atoms with Crippen LogP contribution in [0.1, 0.15) is 107 Å². The van der Waals surface area contributed by atoms with E-state index < -0.39 is 0 Å². The predicted molar refractivity (Wildman–Crippen MR) is 182 cm³/mol. The van der Waals surface area contributed by atoms with E-state index in [4.69, 9.17) is 0 Å². The normalized spacial score (nSPS) is 15.2. The molecule has 2 atom stereocenters. The van der Waals surface area contributed by atoms with Gasteiger partial charge in [0, 0.05) is 49.0 Å². The summed E-state index contributed by atoms with van der Waals surface area (Å²) in [7, 11) is 0. The lowest BCUT2D eigenvalue weighted by atomic mass is 9.99. The molecule has 0 amide bonds. The number of hydrogen-bond acceptors (Lipinski definition) is 5. The van der Waals surface area contributed by atoms with Crippen molar-refractivity contribution < 1.29 is 0 Å².